The number of aryl methyl sites for hydroxylation is 1. The number of esters is 1. The number of rotatable bonds is 8. The van der Waals surface area contributed by atoms with Gasteiger partial charge in [-0.1, -0.05) is 39.8 Å². The summed E-state index contributed by atoms with van der Waals surface area (Å²) in [4.78, 5) is 12.2. The molecule has 0 aromatic heterocycles. The molecule has 0 aliphatic rings. The predicted molar refractivity (Wildman–Crippen MR) is 91.2 cm³/mol. The monoisotopic (exact) mass is 323 g/mol. The normalized spacial score (nSPS) is 12.6. The summed E-state index contributed by atoms with van der Waals surface area (Å²) in [5.41, 5.74) is 2.18. The molecule has 0 radical (unpaired) electrons. The second kappa shape index (κ2) is 8.89. The van der Waals surface area contributed by atoms with E-state index in [1.165, 1.54) is 7.11 Å². The molecule has 5 heteroatoms. The van der Waals surface area contributed by atoms with Crippen LogP contribution in [-0.4, -0.2) is 43.5 Å². The lowest BCUT2D eigenvalue weighted by Crippen LogP contribution is -2.35. The Hall–Kier alpha value is -1.59. The first-order valence-corrected chi connectivity index (χ1v) is 8.03. The van der Waals surface area contributed by atoms with Crippen molar-refractivity contribution < 1.29 is 19.4 Å². The Morgan fingerprint density at radius 2 is 1.91 bits per heavy atom. The topological polar surface area (TPSA) is 67.8 Å². The molecular formula is C18H29NO4. The summed E-state index contributed by atoms with van der Waals surface area (Å²) < 4.78 is 10.7. The minimum absolute atomic E-state index is 0.117. The zero-order valence-electron chi connectivity index (χ0n) is 15.0. The summed E-state index contributed by atoms with van der Waals surface area (Å²) in [6.45, 7) is 10.5. The lowest BCUT2D eigenvalue weighted by atomic mass is 9.94. The summed E-state index contributed by atoms with van der Waals surface area (Å²) in [6, 6.07) is 4.15. The van der Waals surface area contributed by atoms with Gasteiger partial charge in [0.1, 0.15) is 24.0 Å². The van der Waals surface area contributed by atoms with Gasteiger partial charge in [-0.15, -0.1) is 0 Å². The van der Waals surface area contributed by atoms with Crippen LogP contribution in [-0.2, 0) is 4.74 Å². The van der Waals surface area contributed by atoms with Gasteiger partial charge in [-0.25, -0.2) is 4.79 Å². The van der Waals surface area contributed by atoms with Gasteiger partial charge in [0.05, 0.1) is 7.11 Å². The fraction of sp³-hybridized carbons (Fsp3) is 0.611. The third-order valence-electron chi connectivity index (χ3n) is 3.58. The van der Waals surface area contributed by atoms with E-state index in [0.29, 0.717) is 23.9 Å². The van der Waals surface area contributed by atoms with Crippen LogP contribution < -0.4 is 10.1 Å². The number of aliphatic hydroxyl groups excluding tert-OH is 1. The Morgan fingerprint density at radius 3 is 2.43 bits per heavy atom. The Kier molecular flexibility index (Phi) is 7.52. The average Bonchev–Trinajstić information content (AvgIpc) is 2.50. The van der Waals surface area contributed by atoms with Crippen molar-refractivity contribution >= 4 is 5.97 Å². The molecule has 23 heavy (non-hydrogen) atoms. The maximum absolute atomic E-state index is 12.2. The van der Waals surface area contributed by atoms with Crippen molar-refractivity contribution in [1.29, 1.82) is 0 Å². The zero-order chi connectivity index (χ0) is 17.6. The molecule has 1 unspecified atom stereocenters. The van der Waals surface area contributed by atoms with Crippen molar-refractivity contribution in [3.05, 3.63) is 28.8 Å². The molecule has 0 aliphatic heterocycles. The highest BCUT2D eigenvalue weighted by atomic mass is 16.5. The molecule has 5 nitrogen and oxygen atoms in total. The Balaban J connectivity index is 3.00. The summed E-state index contributed by atoms with van der Waals surface area (Å²) in [6.07, 6.45) is -0.648. The highest BCUT2D eigenvalue weighted by Gasteiger charge is 2.22. The summed E-state index contributed by atoms with van der Waals surface area (Å²) in [7, 11) is 1.36. The number of carbonyl (C=O) groups is 1. The molecule has 0 saturated heterocycles. The van der Waals surface area contributed by atoms with Gasteiger partial charge in [0.25, 0.3) is 0 Å². The van der Waals surface area contributed by atoms with E-state index in [1.54, 1.807) is 0 Å². The molecule has 0 amide bonds. The molecular weight excluding hydrogens is 294 g/mol. The van der Waals surface area contributed by atoms with Gasteiger partial charge >= 0.3 is 5.97 Å². The lowest BCUT2D eigenvalue weighted by Gasteiger charge is -2.20. The molecule has 1 aromatic carbocycles. The molecule has 1 aromatic rings. The molecule has 0 heterocycles. The van der Waals surface area contributed by atoms with Crippen molar-refractivity contribution in [3.8, 4) is 5.75 Å². The number of aliphatic hydroxyl groups is 1. The fourth-order valence-electron chi connectivity index (χ4n) is 2.29. The largest absolute Gasteiger partial charge is 0.490 e. The highest BCUT2D eigenvalue weighted by molar-refractivity contribution is 5.95. The maximum Gasteiger partial charge on any atom is 0.341 e. The van der Waals surface area contributed by atoms with Crippen molar-refractivity contribution in [1.82, 2.24) is 5.32 Å². The Labute approximate surface area is 139 Å². The minimum Gasteiger partial charge on any atom is -0.490 e. The third-order valence-corrected chi connectivity index (χ3v) is 3.58. The van der Waals surface area contributed by atoms with Gasteiger partial charge in [0, 0.05) is 12.6 Å². The number of benzene rings is 1. The van der Waals surface area contributed by atoms with Crippen molar-refractivity contribution in [2.45, 2.75) is 52.7 Å². The molecule has 130 valence electrons. The fourth-order valence-corrected chi connectivity index (χ4v) is 2.29. The number of carbonyl (C=O) groups excluding carboxylic acids is 1. The van der Waals surface area contributed by atoms with Crippen LogP contribution >= 0.6 is 0 Å². The highest BCUT2D eigenvalue weighted by Crippen LogP contribution is 2.32. The Morgan fingerprint density at radius 1 is 1.26 bits per heavy atom. The second-order valence-corrected chi connectivity index (χ2v) is 6.35. The first kappa shape index (κ1) is 19.5. The van der Waals surface area contributed by atoms with Gasteiger partial charge < -0.3 is 19.9 Å². The summed E-state index contributed by atoms with van der Waals surface area (Å²) >= 11 is 0. The molecule has 0 bridgehead atoms. The standard InChI is InChI=1S/C18H29NO4/c1-11(2)15-8-7-13(5)17(16(15)18(21)22-6)23-10-14(20)9-19-12(3)4/h7-8,11-12,14,19-20H,9-10H2,1-6H3. The predicted octanol–water partition coefficient (Wildman–Crippen LogP) is 2.64. The van der Waals surface area contributed by atoms with E-state index in [1.807, 2.05) is 46.8 Å². The van der Waals surface area contributed by atoms with E-state index in [4.69, 9.17) is 9.47 Å². The molecule has 0 spiro atoms. The van der Waals surface area contributed by atoms with Crippen LogP contribution in [0.3, 0.4) is 0 Å². The number of hydrogen-bond donors (Lipinski definition) is 2. The van der Waals surface area contributed by atoms with Gasteiger partial charge in [-0.05, 0) is 24.0 Å². The van der Waals surface area contributed by atoms with Crippen LogP contribution in [0.1, 0.15) is 55.1 Å². The van der Waals surface area contributed by atoms with E-state index in [2.05, 4.69) is 5.32 Å². The van der Waals surface area contributed by atoms with Crippen LogP contribution in [0.2, 0.25) is 0 Å². The van der Waals surface area contributed by atoms with E-state index < -0.39 is 12.1 Å². The average molecular weight is 323 g/mol. The second-order valence-electron chi connectivity index (χ2n) is 6.35. The smallest absolute Gasteiger partial charge is 0.341 e. The van der Waals surface area contributed by atoms with Gasteiger partial charge in [0.15, 0.2) is 0 Å². The molecule has 2 N–H and O–H groups in total. The summed E-state index contributed by atoms with van der Waals surface area (Å²) in [5.74, 6) is 0.244. The van der Waals surface area contributed by atoms with Crippen molar-refractivity contribution in [2.75, 3.05) is 20.3 Å². The number of methoxy groups -OCH3 is 1. The lowest BCUT2D eigenvalue weighted by molar-refractivity contribution is 0.0586. The number of ether oxygens (including phenoxy) is 2. The van der Waals surface area contributed by atoms with Crippen molar-refractivity contribution in [2.24, 2.45) is 0 Å². The Bertz CT molecular complexity index is 526. The quantitative estimate of drug-likeness (QED) is 0.720. The molecule has 1 atom stereocenters. The van der Waals surface area contributed by atoms with Crippen LogP contribution in [0.15, 0.2) is 12.1 Å². The summed E-state index contributed by atoms with van der Waals surface area (Å²) in [5, 5.41) is 13.2. The van der Waals surface area contributed by atoms with Crippen molar-refractivity contribution in [3.63, 3.8) is 0 Å². The SMILES string of the molecule is COC(=O)c1c(C(C)C)ccc(C)c1OCC(O)CNC(C)C. The number of nitrogens with one attached hydrogen (secondary N) is 1. The van der Waals surface area contributed by atoms with Gasteiger partial charge in [0.2, 0.25) is 0 Å². The van der Waals surface area contributed by atoms with Crippen LogP contribution in [0.25, 0.3) is 0 Å². The molecule has 0 fully saturated rings. The number of hydrogen-bond acceptors (Lipinski definition) is 5. The first-order valence-electron chi connectivity index (χ1n) is 8.03. The van der Waals surface area contributed by atoms with Gasteiger partial charge in [-0.2, -0.15) is 0 Å². The third kappa shape index (κ3) is 5.52. The maximum atomic E-state index is 12.2. The minimum atomic E-state index is -0.648. The van der Waals surface area contributed by atoms with Crippen LogP contribution in [0, 0.1) is 6.92 Å². The van der Waals surface area contributed by atoms with Crippen LogP contribution in [0.5, 0.6) is 5.75 Å². The molecule has 1 rings (SSSR count). The van der Waals surface area contributed by atoms with Gasteiger partial charge in [-0.3, -0.25) is 0 Å². The first-order chi connectivity index (χ1) is 10.8. The molecule has 0 aliphatic carbocycles. The zero-order valence-corrected chi connectivity index (χ0v) is 15.0. The van der Waals surface area contributed by atoms with E-state index in [-0.39, 0.29) is 12.5 Å². The molecule has 0 saturated carbocycles. The van der Waals surface area contributed by atoms with E-state index >= 15 is 0 Å². The van der Waals surface area contributed by atoms with E-state index in [9.17, 15) is 9.90 Å². The van der Waals surface area contributed by atoms with Crippen LogP contribution in [0.4, 0.5) is 0 Å². The van der Waals surface area contributed by atoms with E-state index in [0.717, 1.165) is 11.1 Å².